The lowest BCUT2D eigenvalue weighted by atomic mass is 10.0. The molecule has 2 heterocycles. The van der Waals surface area contributed by atoms with Crippen LogP contribution in [0.15, 0.2) is 49.3 Å². The van der Waals surface area contributed by atoms with Crippen LogP contribution < -0.4 is 0 Å². The van der Waals surface area contributed by atoms with Crippen LogP contribution in [-0.2, 0) is 6.42 Å². The molecule has 0 atom stereocenters. The number of halogens is 2. The zero-order valence-electron chi connectivity index (χ0n) is 11.6. The number of nitrogens with zero attached hydrogens (tertiary/aromatic N) is 2. The Labute approximate surface area is 137 Å². The van der Waals surface area contributed by atoms with Crippen LogP contribution in [0.5, 0.6) is 0 Å². The molecule has 3 aromatic rings. The lowest BCUT2D eigenvalue weighted by molar-refractivity contribution is 0.513. The van der Waals surface area contributed by atoms with Crippen molar-refractivity contribution in [2.75, 3.05) is 0 Å². The monoisotopic (exact) mass is 330 g/mol. The highest BCUT2D eigenvalue weighted by Gasteiger charge is 2.07. The SMILES string of the molecule is C=C(O)c1ccnc(Cc2cc(Cl)c3ncc(Cl)cc3c2)c1. The van der Waals surface area contributed by atoms with Gasteiger partial charge < -0.3 is 5.11 Å². The summed E-state index contributed by atoms with van der Waals surface area (Å²) in [5.41, 5.74) is 3.19. The van der Waals surface area contributed by atoms with Crippen molar-refractivity contribution < 1.29 is 5.11 Å². The Morgan fingerprint density at radius 1 is 1.14 bits per heavy atom. The van der Waals surface area contributed by atoms with Crippen LogP contribution in [0.1, 0.15) is 16.8 Å². The first kappa shape index (κ1) is 14.8. The van der Waals surface area contributed by atoms with Gasteiger partial charge in [0.2, 0.25) is 0 Å². The minimum Gasteiger partial charge on any atom is -0.508 e. The van der Waals surface area contributed by atoms with Gasteiger partial charge in [-0.2, -0.15) is 0 Å². The van der Waals surface area contributed by atoms with E-state index in [1.165, 1.54) is 0 Å². The second-order valence-electron chi connectivity index (χ2n) is 4.96. The van der Waals surface area contributed by atoms with Crippen molar-refractivity contribution >= 4 is 39.9 Å². The van der Waals surface area contributed by atoms with Gasteiger partial charge in [-0.1, -0.05) is 29.8 Å². The van der Waals surface area contributed by atoms with E-state index in [1.54, 1.807) is 24.5 Å². The van der Waals surface area contributed by atoms with E-state index in [0.29, 0.717) is 22.0 Å². The minimum atomic E-state index is 0.0242. The van der Waals surface area contributed by atoms with Gasteiger partial charge in [0.05, 0.1) is 15.6 Å². The van der Waals surface area contributed by atoms with E-state index in [0.717, 1.165) is 22.2 Å². The van der Waals surface area contributed by atoms with Gasteiger partial charge in [0.15, 0.2) is 0 Å². The van der Waals surface area contributed by atoms with Crippen molar-refractivity contribution in [2.24, 2.45) is 0 Å². The summed E-state index contributed by atoms with van der Waals surface area (Å²) < 4.78 is 0. The molecule has 5 heteroatoms. The molecule has 0 spiro atoms. The largest absolute Gasteiger partial charge is 0.508 e. The summed E-state index contributed by atoms with van der Waals surface area (Å²) in [5, 5.41) is 11.5. The van der Waals surface area contributed by atoms with Crippen LogP contribution in [-0.4, -0.2) is 15.1 Å². The number of rotatable bonds is 3. The number of aliphatic hydroxyl groups is 1. The first-order valence-corrected chi connectivity index (χ1v) is 7.35. The lowest BCUT2D eigenvalue weighted by Gasteiger charge is -2.07. The predicted molar refractivity (Wildman–Crippen MR) is 90.5 cm³/mol. The Hall–Kier alpha value is -2.10. The Kier molecular flexibility index (Phi) is 4.01. The smallest absolute Gasteiger partial charge is 0.115 e. The van der Waals surface area contributed by atoms with E-state index < -0.39 is 0 Å². The third-order valence-electron chi connectivity index (χ3n) is 3.30. The van der Waals surface area contributed by atoms with Gasteiger partial charge >= 0.3 is 0 Å². The summed E-state index contributed by atoms with van der Waals surface area (Å²) in [4.78, 5) is 8.55. The van der Waals surface area contributed by atoms with Gasteiger partial charge in [0, 0.05) is 35.5 Å². The summed E-state index contributed by atoms with van der Waals surface area (Å²) in [6.45, 7) is 3.52. The molecule has 1 N–H and O–H groups in total. The quantitative estimate of drug-likeness (QED) is 0.683. The zero-order chi connectivity index (χ0) is 15.7. The fourth-order valence-electron chi connectivity index (χ4n) is 2.30. The molecule has 2 aromatic heterocycles. The summed E-state index contributed by atoms with van der Waals surface area (Å²) in [7, 11) is 0. The van der Waals surface area contributed by atoms with Crippen molar-refractivity contribution in [3.8, 4) is 0 Å². The number of hydrogen-bond acceptors (Lipinski definition) is 3. The van der Waals surface area contributed by atoms with E-state index in [1.807, 2.05) is 18.2 Å². The van der Waals surface area contributed by atoms with Gasteiger partial charge in [-0.25, -0.2) is 0 Å². The summed E-state index contributed by atoms with van der Waals surface area (Å²) >= 11 is 12.3. The Bertz CT molecular complexity index is 878. The number of aromatic nitrogens is 2. The van der Waals surface area contributed by atoms with Gasteiger partial charge in [0.25, 0.3) is 0 Å². The Morgan fingerprint density at radius 2 is 1.95 bits per heavy atom. The number of hydrogen-bond donors (Lipinski definition) is 1. The lowest BCUT2D eigenvalue weighted by Crippen LogP contribution is -1.95. The van der Waals surface area contributed by atoms with Crippen LogP contribution in [0.2, 0.25) is 10.0 Å². The molecule has 0 bridgehead atoms. The van der Waals surface area contributed by atoms with Crippen LogP contribution in [0.4, 0.5) is 0 Å². The second kappa shape index (κ2) is 5.95. The molecule has 110 valence electrons. The molecule has 0 aliphatic heterocycles. The van der Waals surface area contributed by atoms with E-state index in [2.05, 4.69) is 16.5 Å². The normalized spacial score (nSPS) is 10.8. The molecule has 0 saturated heterocycles. The standard InChI is InChI=1S/C17H12Cl2N2O/c1-10(22)12-2-3-20-15(8-12)5-11-4-13-7-14(18)9-21-17(13)16(19)6-11/h2-4,6-9,22H,1,5H2. The maximum Gasteiger partial charge on any atom is 0.115 e. The van der Waals surface area contributed by atoms with Gasteiger partial charge in [-0.3, -0.25) is 9.97 Å². The van der Waals surface area contributed by atoms with Crippen molar-refractivity contribution in [1.29, 1.82) is 0 Å². The third-order valence-corrected chi connectivity index (χ3v) is 3.79. The molecular formula is C17H12Cl2N2O. The highest BCUT2D eigenvalue weighted by Crippen LogP contribution is 2.27. The summed E-state index contributed by atoms with van der Waals surface area (Å²) in [6.07, 6.45) is 3.81. The zero-order valence-corrected chi connectivity index (χ0v) is 13.1. The van der Waals surface area contributed by atoms with Crippen molar-refractivity contribution in [3.05, 3.63) is 76.2 Å². The van der Waals surface area contributed by atoms with Gasteiger partial charge in [0.1, 0.15) is 5.76 Å². The topological polar surface area (TPSA) is 46.0 Å². The molecule has 1 aromatic carbocycles. The third kappa shape index (κ3) is 3.06. The first-order chi connectivity index (χ1) is 10.5. The van der Waals surface area contributed by atoms with Gasteiger partial charge in [-0.05, 0) is 35.9 Å². The molecule has 0 aliphatic rings. The predicted octanol–water partition coefficient (Wildman–Crippen LogP) is 5.06. The van der Waals surface area contributed by atoms with Crippen molar-refractivity contribution in [2.45, 2.75) is 6.42 Å². The average molecular weight is 331 g/mol. The fourth-order valence-corrected chi connectivity index (χ4v) is 2.77. The van der Waals surface area contributed by atoms with E-state index in [9.17, 15) is 5.11 Å². The van der Waals surface area contributed by atoms with Gasteiger partial charge in [-0.15, -0.1) is 0 Å². The molecular weight excluding hydrogens is 319 g/mol. The number of fused-ring (bicyclic) bond motifs is 1. The molecule has 0 amide bonds. The highest BCUT2D eigenvalue weighted by atomic mass is 35.5. The van der Waals surface area contributed by atoms with E-state index >= 15 is 0 Å². The molecule has 0 aliphatic carbocycles. The Balaban J connectivity index is 2.00. The van der Waals surface area contributed by atoms with Crippen molar-refractivity contribution in [1.82, 2.24) is 9.97 Å². The van der Waals surface area contributed by atoms with Crippen LogP contribution in [0.25, 0.3) is 16.7 Å². The van der Waals surface area contributed by atoms with Crippen LogP contribution in [0.3, 0.4) is 0 Å². The first-order valence-electron chi connectivity index (χ1n) is 6.60. The number of pyridine rings is 2. The summed E-state index contributed by atoms with van der Waals surface area (Å²) in [5.74, 6) is 0.0242. The summed E-state index contributed by atoms with van der Waals surface area (Å²) in [6, 6.07) is 9.20. The van der Waals surface area contributed by atoms with Crippen LogP contribution >= 0.6 is 23.2 Å². The molecule has 0 saturated carbocycles. The maximum atomic E-state index is 9.46. The molecule has 0 radical (unpaired) electrons. The average Bonchev–Trinajstić information content (AvgIpc) is 2.47. The molecule has 0 unspecified atom stereocenters. The number of aliphatic hydroxyl groups excluding tert-OH is 1. The second-order valence-corrected chi connectivity index (χ2v) is 5.81. The minimum absolute atomic E-state index is 0.0242. The molecule has 0 fully saturated rings. The fraction of sp³-hybridized carbons (Fsp3) is 0.0588. The highest BCUT2D eigenvalue weighted by molar-refractivity contribution is 6.35. The molecule has 3 nitrogen and oxygen atoms in total. The van der Waals surface area contributed by atoms with Crippen LogP contribution in [0, 0.1) is 0 Å². The van der Waals surface area contributed by atoms with Crippen molar-refractivity contribution in [3.63, 3.8) is 0 Å². The molecule has 3 rings (SSSR count). The maximum absolute atomic E-state index is 9.46. The Morgan fingerprint density at radius 3 is 2.73 bits per heavy atom. The van der Waals surface area contributed by atoms with E-state index in [4.69, 9.17) is 23.2 Å². The van der Waals surface area contributed by atoms with E-state index in [-0.39, 0.29) is 5.76 Å². The molecule has 22 heavy (non-hydrogen) atoms. The number of benzene rings is 1.